The Morgan fingerprint density at radius 3 is 2.33 bits per heavy atom. The summed E-state index contributed by atoms with van der Waals surface area (Å²) in [4.78, 5) is 38.4. The number of halogens is 3. The van der Waals surface area contributed by atoms with Gasteiger partial charge in [-0.3, -0.25) is 24.6 Å². The fourth-order valence-electron chi connectivity index (χ4n) is 4.70. The molecule has 6 nitrogen and oxygen atoms in total. The molecule has 0 spiro atoms. The fourth-order valence-corrected chi connectivity index (χ4v) is 4.70. The van der Waals surface area contributed by atoms with E-state index < -0.39 is 39.6 Å². The maximum Gasteiger partial charge on any atom is 0.416 e. The maximum atomic E-state index is 13.3. The number of hydrogen-bond acceptors (Lipinski definition) is 4. The van der Waals surface area contributed by atoms with E-state index in [9.17, 15) is 32.9 Å². The lowest BCUT2D eigenvalue weighted by Gasteiger charge is -2.42. The SMILES string of the molecule is CC1(C)CC(=O)C2=C(C1)N(c1ccc(C(F)(F)F)cc1[N+](=O)[O-])C(=O)CC2c1ccccc1. The Hall–Kier alpha value is -3.49. The molecule has 0 bridgehead atoms. The van der Waals surface area contributed by atoms with Gasteiger partial charge in [0.15, 0.2) is 5.78 Å². The smallest absolute Gasteiger partial charge is 0.294 e. The number of alkyl halides is 3. The van der Waals surface area contributed by atoms with Gasteiger partial charge < -0.3 is 0 Å². The molecule has 4 rings (SSSR count). The number of hydrogen-bond donors (Lipinski definition) is 0. The van der Waals surface area contributed by atoms with Crippen LogP contribution in [-0.4, -0.2) is 16.6 Å². The molecule has 2 aromatic rings. The first kappa shape index (κ1) is 22.7. The number of amides is 1. The standard InChI is InChI=1S/C24H21F3N2O4/c1-23(2)12-19-22(20(30)13-23)16(14-6-4-3-5-7-14)11-21(31)28(19)17-9-8-15(24(25,26)27)10-18(17)29(32)33/h3-10,16H,11-13H2,1-2H3. The van der Waals surface area contributed by atoms with Crippen molar-refractivity contribution in [2.45, 2.75) is 45.2 Å². The molecule has 1 atom stereocenters. The van der Waals surface area contributed by atoms with Gasteiger partial charge in [0, 0.05) is 36.1 Å². The van der Waals surface area contributed by atoms with Crippen LogP contribution in [0.1, 0.15) is 50.2 Å². The maximum absolute atomic E-state index is 13.3. The molecule has 1 unspecified atom stereocenters. The minimum absolute atomic E-state index is 0.118. The number of Topliss-reactive ketones (excluding diaryl/α,β-unsaturated/α-hetero) is 1. The molecule has 0 N–H and O–H groups in total. The monoisotopic (exact) mass is 458 g/mol. The molecule has 0 saturated carbocycles. The van der Waals surface area contributed by atoms with Crippen molar-refractivity contribution in [1.29, 1.82) is 0 Å². The quantitative estimate of drug-likeness (QED) is 0.432. The zero-order valence-electron chi connectivity index (χ0n) is 18.0. The minimum atomic E-state index is -4.78. The number of benzene rings is 2. The molecule has 9 heteroatoms. The second kappa shape index (κ2) is 7.83. The van der Waals surface area contributed by atoms with Gasteiger partial charge in [0.2, 0.25) is 5.91 Å². The van der Waals surface area contributed by atoms with E-state index in [1.165, 1.54) is 0 Å². The van der Waals surface area contributed by atoms with Crippen LogP contribution in [-0.2, 0) is 15.8 Å². The number of nitro groups is 1. The molecule has 0 radical (unpaired) electrons. The molecule has 2 aliphatic rings. The average Bonchev–Trinajstić information content (AvgIpc) is 2.71. The summed E-state index contributed by atoms with van der Waals surface area (Å²) in [6.07, 6.45) is -4.37. The molecule has 0 aromatic heterocycles. The molecule has 1 amide bonds. The summed E-state index contributed by atoms with van der Waals surface area (Å²) in [5, 5.41) is 11.7. The highest BCUT2D eigenvalue weighted by Gasteiger charge is 2.46. The highest BCUT2D eigenvalue weighted by molar-refractivity contribution is 6.08. The van der Waals surface area contributed by atoms with Crippen molar-refractivity contribution in [3.8, 4) is 0 Å². The molecule has 0 saturated heterocycles. The predicted octanol–water partition coefficient (Wildman–Crippen LogP) is 5.78. The molecule has 1 aliphatic carbocycles. The number of nitrogens with zero attached hydrogens (tertiary/aromatic N) is 2. The van der Waals surface area contributed by atoms with Crippen LogP contribution in [0, 0.1) is 15.5 Å². The summed E-state index contributed by atoms with van der Waals surface area (Å²) >= 11 is 0. The molecule has 2 aromatic carbocycles. The van der Waals surface area contributed by atoms with Gasteiger partial charge in [-0.25, -0.2) is 0 Å². The Bertz CT molecular complexity index is 1190. The van der Waals surface area contributed by atoms with Gasteiger partial charge in [-0.2, -0.15) is 13.2 Å². The van der Waals surface area contributed by atoms with Gasteiger partial charge in [-0.05, 0) is 29.5 Å². The Labute approximate surface area is 187 Å². The van der Waals surface area contributed by atoms with E-state index in [2.05, 4.69) is 0 Å². The number of allylic oxidation sites excluding steroid dienone is 2. The van der Waals surface area contributed by atoms with Gasteiger partial charge in [-0.15, -0.1) is 0 Å². The Kier molecular flexibility index (Phi) is 5.38. The van der Waals surface area contributed by atoms with Crippen LogP contribution in [0.3, 0.4) is 0 Å². The molecule has 172 valence electrons. The third-order valence-electron chi connectivity index (χ3n) is 6.09. The van der Waals surface area contributed by atoms with Crippen LogP contribution in [0.2, 0.25) is 0 Å². The summed E-state index contributed by atoms with van der Waals surface area (Å²) in [5.74, 6) is -1.18. The average molecular weight is 458 g/mol. The van der Waals surface area contributed by atoms with Gasteiger partial charge in [0.1, 0.15) is 5.69 Å². The number of ketones is 1. The van der Waals surface area contributed by atoms with Gasteiger partial charge in [-0.1, -0.05) is 44.2 Å². The van der Waals surface area contributed by atoms with Crippen LogP contribution in [0.4, 0.5) is 24.5 Å². The van der Waals surface area contributed by atoms with E-state index in [-0.39, 0.29) is 30.7 Å². The Morgan fingerprint density at radius 1 is 1.06 bits per heavy atom. The van der Waals surface area contributed by atoms with Crippen molar-refractivity contribution in [3.63, 3.8) is 0 Å². The molecule has 33 heavy (non-hydrogen) atoms. The summed E-state index contributed by atoms with van der Waals surface area (Å²) < 4.78 is 39.6. The number of carbonyl (C=O) groups excluding carboxylic acids is 2. The predicted molar refractivity (Wildman–Crippen MR) is 114 cm³/mol. The van der Waals surface area contributed by atoms with Crippen molar-refractivity contribution < 1.29 is 27.7 Å². The first-order chi connectivity index (χ1) is 15.4. The van der Waals surface area contributed by atoms with E-state index in [0.29, 0.717) is 17.3 Å². The van der Waals surface area contributed by atoms with Crippen molar-refractivity contribution in [2.75, 3.05) is 4.90 Å². The molecular formula is C24H21F3N2O4. The van der Waals surface area contributed by atoms with Crippen LogP contribution in [0.5, 0.6) is 0 Å². The van der Waals surface area contributed by atoms with Gasteiger partial charge in [0.25, 0.3) is 5.69 Å². The largest absolute Gasteiger partial charge is 0.416 e. The van der Waals surface area contributed by atoms with E-state index >= 15 is 0 Å². The molecule has 0 fully saturated rings. The van der Waals surface area contributed by atoms with Crippen molar-refractivity contribution in [2.24, 2.45) is 5.41 Å². The Balaban J connectivity index is 1.94. The lowest BCUT2D eigenvalue weighted by atomic mass is 9.69. The second-order valence-corrected chi connectivity index (χ2v) is 9.16. The van der Waals surface area contributed by atoms with E-state index in [0.717, 1.165) is 22.6 Å². The number of carbonyl (C=O) groups is 2. The van der Waals surface area contributed by atoms with Crippen molar-refractivity contribution in [1.82, 2.24) is 0 Å². The lowest BCUT2D eigenvalue weighted by Crippen LogP contribution is -2.44. The van der Waals surface area contributed by atoms with E-state index in [4.69, 9.17) is 0 Å². The second-order valence-electron chi connectivity index (χ2n) is 9.16. The first-order valence-corrected chi connectivity index (χ1v) is 10.4. The fraction of sp³-hybridized carbons (Fsp3) is 0.333. The summed E-state index contributed by atoms with van der Waals surface area (Å²) in [6.45, 7) is 3.70. The van der Waals surface area contributed by atoms with Gasteiger partial charge in [0.05, 0.1) is 10.5 Å². The number of anilines is 1. The van der Waals surface area contributed by atoms with Gasteiger partial charge >= 0.3 is 6.18 Å². The summed E-state index contributed by atoms with van der Waals surface area (Å²) in [6, 6.07) is 11.1. The zero-order valence-corrected chi connectivity index (χ0v) is 18.0. The van der Waals surface area contributed by atoms with Crippen molar-refractivity contribution in [3.05, 3.63) is 81.0 Å². The topological polar surface area (TPSA) is 80.5 Å². The molecule has 1 heterocycles. The number of nitro benzene ring substituents is 1. The zero-order chi connectivity index (χ0) is 24.1. The minimum Gasteiger partial charge on any atom is -0.294 e. The van der Waals surface area contributed by atoms with Crippen LogP contribution < -0.4 is 4.90 Å². The highest BCUT2D eigenvalue weighted by atomic mass is 19.4. The van der Waals surface area contributed by atoms with Crippen molar-refractivity contribution >= 4 is 23.1 Å². The van der Waals surface area contributed by atoms with Crippen LogP contribution in [0.25, 0.3) is 0 Å². The molecular weight excluding hydrogens is 437 g/mol. The first-order valence-electron chi connectivity index (χ1n) is 10.4. The van der Waals surface area contributed by atoms with Crippen LogP contribution in [0.15, 0.2) is 59.8 Å². The van der Waals surface area contributed by atoms with E-state index in [1.807, 2.05) is 32.0 Å². The normalized spacial score (nSPS) is 20.6. The van der Waals surface area contributed by atoms with E-state index in [1.54, 1.807) is 12.1 Å². The number of rotatable bonds is 3. The lowest BCUT2D eigenvalue weighted by molar-refractivity contribution is -0.384. The third kappa shape index (κ3) is 4.15. The summed E-state index contributed by atoms with van der Waals surface area (Å²) in [7, 11) is 0. The van der Waals surface area contributed by atoms with Crippen LogP contribution >= 0.6 is 0 Å². The Morgan fingerprint density at radius 2 is 1.73 bits per heavy atom. The summed E-state index contributed by atoms with van der Waals surface area (Å²) in [5.41, 5.74) is -1.31. The highest BCUT2D eigenvalue weighted by Crippen LogP contribution is 2.49. The third-order valence-corrected chi connectivity index (χ3v) is 6.09. The molecule has 1 aliphatic heterocycles.